The summed E-state index contributed by atoms with van der Waals surface area (Å²) in [5.74, 6) is -1.000. The second-order valence-electron chi connectivity index (χ2n) is 20.6. The Balaban J connectivity index is 4.49. The number of carbonyl (C=O) groups excluding carboxylic acids is 3. The van der Waals surface area contributed by atoms with Gasteiger partial charge in [-0.3, -0.25) is 14.4 Å². The quantitative estimate of drug-likeness (QED) is 0.0261. The van der Waals surface area contributed by atoms with Crippen molar-refractivity contribution in [1.29, 1.82) is 0 Å². The maximum Gasteiger partial charge on any atom is 0.306 e. The van der Waals surface area contributed by atoms with E-state index >= 15 is 0 Å². The fraction of sp³-hybridized carbons (Fsp3) is 0.560. The van der Waals surface area contributed by atoms with Gasteiger partial charge in [-0.25, -0.2) is 0 Å². The molecule has 81 heavy (non-hydrogen) atoms. The van der Waals surface area contributed by atoms with Crippen LogP contribution in [0.1, 0.15) is 252 Å². The second-order valence-corrected chi connectivity index (χ2v) is 20.6. The molecule has 0 saturated carbocycles. The van der Waals surface area contributed by atoms with Gasteiger partial charge < -0.3 is 14.2 Å². The molecule has 0 aliphatic carbocycles. The minimum absolute atomic E-state index is 0.113. The third kappa shape index (κ3) is 65.2. The SMILES string of the molecule is CC/C=C\C/C=C\C/C=C\C/C=C\C/C=C\C/C=C\C/C=C\C/C=C\CCCCC(=O)OCC(COC(=O)CCCCCCCCCCCCC)OC(=O)CCCCC/C=C\C/C=C\C/C=C\C/C=C\C/C=C\C/C=C\C/C=C\CC. The molecule has 0 aliphatic heterocycles. The molecule has 0 amide bonds. The maximum absolute atomic E-state index is 12.9. The van der Waals surface area contributed by atoms with Gasteiger partial charge in [0, 0.05) is 19.3 Å². The summed E-state index contributed by atoms with van der Waals surface area (Å²) in [6.07, 6.45) is 100. The summed E-state index contributed by atoms with van der Waals surface area (Å²) < 4.78 is 16.8. The van der Waals surface area contributed by atoms with Crippen molar-refractivity contribution in [3.8, 4) is 0 Å². The van der Waals surface area contributed by atoms with Gasteiger partial charge in [-0.2, -0.15) is 0 Å². The lowest BCUT2D eigenvalue weighted by Gasteiger charge is -2.18. The molecule has 0 aromatic heterocycles. The van der Waals surface area contributed by atoms with Crippen LogP contribution in [0, 0.1) is 0 Å². The van der Waals surface area contributed by atoms with Gasteiger partial charge in [0.05, 0.1) is 0 Å². The van der Waals surface area contributed by atoms with Crippen molar-refractivity contribution in [2.75, 3.05) is 13.2 Å². The van der Waals surface area contributed by atoms with Crippen LogP contribution in [0.2, 0.25) is 0 Å². The molecule has 6 nitrogen and oxygen atoms in total. The number of unbranched alkanes of at least 4 members (excludes halogenated alkanes) is 15. The van der Waals surface area contributed by atoms with Crippen LogP contribution in [0.4, 0.5) is 0 Å². The third-order valence-electron chi connectivity index (χ3n) is 12.9. The van der Waals surface area contributed by atoms with Crippen LogP contribution in [0.3, 0.4) is 0 Å². The molecule has 0 aromatic rings. The van der Waals surface area contributed by atoms with Crippen LogP contribution >= 0.6 is 0 Å². The van der Waals surface area contributed by atoms with Crippen LogP contribution < -0.4 is 0 Å². The first-order valence-electron chi connectivity index (χ1n) is 32.3. The molecule has 0 bridgehead atoms. The number of hydrogen-bond donors (Lipinski definition) is 0. The molecular formula is C75H116O6. The Morgan fingerprint density at radius 3 is 0.778 bits per heavy atom. The van der Waals surface area contributed by atoms with E-state index in [-0.39, 0.29) is 44.0 Å². The lowest BCUT2D eigenvalue weighted by atomic mass is 10.1. The van der Waals surface area contributed by atoms with E-state index in [1.807, 2.05) is 0 Å². The molecule has 0 rings (SSSR count). The second kappa shape index (κ2) is 67.0. The summed E-state index contributed by atoms with van der Waals surface area (Å²) in [6, 6.07) is 0. The van der Waals surface area contributed by atoms with Crippen molar-refractivity contribution in [3.63, 3.8) is 0 Å². The van der Waals surface area contributed by atoms with E-state index in [0.717, 1.165) is 148 Å². The normalized spacial score (nSPS) is 13.4. The molecule has 1 unspecified atom stereocenters. The number of rotatable bonds is 56. The zero-order chi connectivity index (χ0) is 58.5. The molecule has 0 N–H and O–H groups in total. The average Bonchev–Trinajstić information content (AvgIpc) is 3.47. The summed E-state index contributed by atoms with van der Waals surface area (Å²) in [4.78, 5) is 38.3. The molecular weight excluding hydrogens is 997 g/mol. The molecule has 0 saturated heterocycles. The Bertz CT molecular complexity index is 1900. The van der Waals surface area contributed by atoms with E-state index in [0.29, 0.717) is 19.3 Å². The van der Waals surface area contributed by atoms with Crippen molar-refractivity contribution in [2.45, 2.75) is 258 Å². The minimum atomic E-state index is -0.824. The van der Waals surface area contributed by atoms with Crippen molar-refractivity contribution in [2.24, 2.45) is 0 Å². The Labute approximate surface area is 497 Å². The fourth-order valence-corrected chi connectivity index (χ4v) is 8.14. The molecule has 6 heteroatoms. The number of allylic oxidation sites excluding steroid dienone is 30. The predicted molar refractivity (Wildman–Crippen MR) is 352 cm³/mol. The molecule has 0 fully saturated rings. The van der Waals surface area contributed by atoms with Crippen molar-refractivity contribution in [1.82, 2.24) is 0 Å². The van der Waals surface area contributed by atoms with E-state index in [4.69, 9.17) is 14.2 Å². The van der Waals surface area contributed by atoms with Crippen molar-refractivity contribution < 1.29 is 28.6 Å². The van der Waals surface area contributed by atoms with Gasteiger partial charge in [-0.15, -0.1) is 0 Å². The number of ether oxygens (including phenoxy) is 3. The van der Waals surface area contributed by atoms with E-state index < -0.39 is 6.10 Å². The standard InChI is InChI=1S/C75H116O6/c1-4-7-10-13-16-19-22-24-26-28-30-32-34-36-37-39-40-42-44-46-48-50-53-56-59-62-65-68-74(77)80-71-72(70-79-73(76)67-64-61-58-55-52-21-18-15-12-9-6-3)81-75(78)69-66-63-60-57-54-51-49-47-45-43-41-38-35-33-31-29-27-25-23-20-17-14-11-8-5-2/h7-8,10-11,16-17,19-20,24-27,30-33,36-38,40-42,45-48,51,53-54,56,72H,4-6,9,12-15,18,21-23,28-29,34-35,39,43-44,49-50,52,55,57-71H2,1-3H3/b10-7-,11-8-,19-16-,20-17-,26-24-,27-25-,32-30-,33-31-,37-36-,41-38-,42-40-,47-45-,48-46-,54-51-,56-53-. The molecule has 1 atom stereocenters. The first-order valence-corrected chi connectivity index (χ1v) is 32.3. The molecule has 0 heterocycles. The molecule has 452 valence electrons. The van der Waals surface area contributed by atoms with Crippen molar-refractivity contribution >= 4 is 17.9 Å². The van der Waals surface area contributed by atoms with Crippen LogP contribution in [0.25, 0.3) is 0 Å². The monoisotopic (exact) mass is 1110 g/mol. The Morgan fingerprint density at radius 2 is 0.481 bits per heavy atom. The van der Waals surface area contributed by atoms with Crippen LogP contribution in [0.5, 0.6) is 0 Å². The van der Waals surface area contributed by atoms with E-state index in [1.165, 1.54) is 51.4 Å². The van der Waals surface area contributed by atoms with Gasteiger partial charge in [0.2, 0.25) is 0 Å². The Morgan fingerprint density at radius 1 is 0.259 bits per heavy atom. The van der Waals surface area contributed by atoms with E-state index in [1.54, 1.807) is 0 Å². The number of esters is 3. The van der Waals surface area contributed by atoms with Crippen LogP contribution in [0.15, 0.2) is 182 Å². The first kappa shape index (κ1) is 75.5. The summed E-state index contributed by atoms with van der Waals surface area (Å²) >= 11 is 0. The lowest BCUT2D eigenvalue weighted by Crippen LogP contribution is -2.30. The molecule has 0 aromatic carbocycles. The van der Waals surface area contributed by atoms with E-state index in [9.17, 15) is 14.4 Å². The summed E-state index contributed by atoms with van der Waals surface area (Å²) in [5.41, 5.74) is 0. The van der Waals surface area contributed by atoms with Crippen molar-refractivity contribution in [3.05, 3.63) is 182 Å². The largest absolute Gasteiger partial charge is 0.462 e. The summed E-state index contributed by atoms with van der Waals surface area (Å²) in [6.45, 7) is 6.33. The molecule has 0 radical (unpaired) electrons. The van der Waals surface area contributed by atoms with Gasteiger partial charge in [0.15, 0.2) is 6.10 Å². The van der Waals surface area contributed by atoms with Gasteiger partial charge in [0.1, 0.15) is 13.2 Å². The third-order valence-corrected chi connectivity index (χ3v) is 12.9. The topological polar surface area (TPSA) is 78.9 Å². The average molecular weight is 1110 g/mol. The first-order chi connectivity index (χ1) is 40.0. The highest BCUT2D eigenvalue weighted by Crippen LogP contribution is 2.14. The van der Waals surface area contributed by atoms with Crippen LogP contribution in [-0.4, -0.2) is 37.2 Å². The van der Waals surface area contributed by atoms with Gasteiger partial charge in [-0.1, -0.05) is 274 Å². The predicted octanol–water partition coefficient (Wildman–Crippen LogP) is 22.4. The Hall–Kier alpha value is -5.49. The highest BCUT2D eigenvalue weighted by molar-refractivity contribution is 5.71. The zero-order valence-corrected chi connectivity index (χ0v) is 51.7. The summed E-state index contributed by atoms with van der Waals surface area (Å²) in [7, 11) is 0. The number of carbonyl (C=O) groups is 3. The molecule has 0 spiro atoms. The van der Waals surface area contributed by atoms with Gasteiger partial charge in [-0.05, 0) is 141 Å². The van der Waals surface area contributed by atoms with E-state index in [2.05, 4.69) is 203 Å². The lowest BCUT2D eigenvalue weighted by molar-refractivity contribution is -0.167. The minimum Gasteiger partial charge on any atom is -0.462 e. The molecule has 0 aliphatic rings. The van der Waals surface area contributed by atoms with Crippen LogP contribution in [-0.2, 0) is 28.6 Å². The maximum atomic E-state index is 12.9. The number of hydrogen-bond acceptors (Lipinski definition) is 6. The van der Waals surface area contributed by atoms with Gasteiger partial charge in [0.25, 0.3) is 0 Å². The zero-order valence-electron chi connectivity index (χ0n) is 51.7. The Kier molecular flexibility index (Phi) is 62.5. The summed E-state index contributed by atoms with van der Waals surface area (Å²) in [5, 5.41) is 0. The highest BCUT2D eigenvalue weighted by Gasteiger charge is 2.19. The smallest absolute Gasteiger partial charge is 0.306 e. The fourth-order valence-electron chi connectivity index (χ4n) is 8.14. The highest BCUT2D eigenvalue weighted by atomic mass is 16.6. The van der Waals surface area contributed by atoms with Gasteiger partial charge >= 0.3 is 17.9 Å².